The van der Waals surface area contributed by atoms with Crippen LogP contribution in [0, 0.1) is 32.4 Å². The Morgan fingerprint density at radius 1 is 0.385 bits per heavy atom. The van der Waals surface area contributed by atoms with Crippen molar-refractivity contribution in [3.05, 3.63) is 0 Å². The monoisotopic (exact) mass is 356 g/mol. The van der Waals surface area contributed by atoms with Crippen LogP contribution < -0.4 is 41.9 Å². The van der Waals surface area contributed by atoms with Crippen molar-refractivity contribution in [2.75, 3.05) is 0 Å². The normalized spacial score (nSPS) is 8.31. The van der Waals surface area contributed by atoms with E-state index in [1.807, 2.05) is 0 Å². The van der Waals surface area contributed by atoms with Gasteiger partial charge in [0.05, 0.1) is 32.4 Å². The third kappa shape index (κ3) is 1070. The molecule has 0 atom stereocenters. The molecule has 13 heteroatoms. The van der Waals surface area contributed by atoms with Gasteiger partial charge in [-0.2, -0.15) is 0 Å². The van der Waals surface area contributed by atoms with E-state index in [0.29, 0.717) is 0 Å². The Morgan fingerprint density at radius 2 is 0.385 bits per heavy atom. The summed E-state index contributed by atoms with van der Waals surface area (Å²) in [5.41, 5.74) is 0. The molecule has 0 aromatic rings. The van der Waals surface area contributed by atoms with Gasteiger partial charge in [0.15, 0.2) is 0 Å². The van der Waals surface area contributed by atoms with Gasteiger partial charge in [0, 0.05) is 0 Å². The Kier molecular flexibility index (Phi) is 34.7. The standard InChI is InChI=1S/Ag.3ClO3/c;3*2-1(3)4/q+3;3*-1. The van der Waals surface area contributed by atoms with Crippen LogP contribution in [0.4, 0.5) is 0 Å². The molecule has 0 aromatic heterocycles. The van der Waals surface area contributed by atoms with Crippen LogP contribution in [0.1, 0.15) is 0 Å². The van der Waals surface area contributed by atoms with E-state index in [1.54, 1.807) is 0 Å². The molecule has 0 saturated carbocycles. The van der Waals surface area contributed by atoms with Crippen molar-refractivity contribution in [1.82, 2.24) is 0 Å². The smallest absolute Gasteiger partial charge is 0.357 e. The molecule has 0 N–H and O–H groups in total. The van der Waals surface area contributed by atoms with Crippen LogP contribution >= 0.6 is 0 Å². The average Bonchev–Trinajstić information content (AvgIpc) is 1.54. The molecule has 86 valence electrons. The molecule has 0 aliphatic rings. The second kappa shape index (κ2) is 18.9. The Balaban J connectivity index is -0.0000000450. The summed E-state index contributed by atoms with van der Waals surface area (Å²) < 4.78 is 75.7. The zero-order valence-corrected chi connectivity index (χ0v) is 8.86. The molecule has 0 amide bonds. The predicted molar refractivity (Wildman–Crippen MR) is 0 cm³/mol. The first-order valence-electron chi connectivity index (χ1n) is 1.39. The second-order valence-corrected chi connectivity index (χ2v) is 1.70. The summed E-state index contributed by atoms with van der Waals surface area (Å²) in [6.45, 7) is 0. The fourth-order valence-corrected chi connectivity index (χ4v) is 0. The van der Waals surface area contributed by atoms with Gasteiger partial charge in [-0.25, -0.2) is 0 Å². The van der Waals surface area contributed by atoms with Gasteiger partial charge < -0.3 is 41.9 Å². The molecule has 13 heavy (non-hydrogen) atoms. The predicted octanol–water partition coefficient (Wildman–Crippen LogP) is -10.7. The van der Waals surface area contributed by atoms with E-state index >= 15 is 0 Å². The quantitative estimate of drug-likeness (QED) is 0.376. The molecule has 0 aromatic carbocycles. The fourth-order valence-electron chi connectivity index (χ4n) is 0. The molecular formula is AgCl3O9. The molecular weight excluding hydrogens is 358 g/mol. The molecule has 0 rings (SSSR count). The minimum Gasteiger partial charge on any atom is -0.357 e. The van der Waals surface area contributed by atoms with Crippen LogP contribution in [0.2, 0.25) is 0 Å². The van der Waals surface area contributed by atoms with E-state index in [2.05, 4.69) is 0 Å². The zero-order chi connectivity index (χ0) is 10.7. The summed E-state index contributed by atoms with van der Waals surface area (Å²) in [6, 6.07) is 0. The van der Waals surface area contributed by atoms with E-state index in [1.165, 1.54) is 0 Å². The van der Waals surface area contributed by atoms with Gasteiger partial charge in [-0.15, -0.1) is 0 Å². The molecule has 0 unspecified atom stereocenters. The Hall–Kier alpha value is 1.25. The average molecular weight is 358 g/mol. The van der Waals surface area contributed by atoms with E-state index in [9.17, 15) is 0 Å². The van der Waals surface area contributed by atoms with Crippen LogP contribution in [-0.2, 0) is 22.4 Å². The number of rotatable bonds is 0. The van der Waals surface area contributed by atoms with Gasteiger partial charge in [0.2, 0.25) is 0 Å². The number of halogens is 3. The van der Waals surface area contributed by atoms with Crippen molar-refractivity contribution in [2.24, 2.45) is 0 Å². The second-order valence-electron chi connectivity index (χ2n) is 0.567. The maximum atomic E-state index is 8.41. The molecule has 0 bridgehead atoms. The molecule has 0 aliphatic heterocycles. The first-order valence-corrected chi connectivity index (χ1v) is 4.17. The summed E-state index contributed by atoms with van der Waals surface area (Å²) in [5.74, 6) is 0. The summed E-state index contributed by atoms with van der Waals surface area (Å²) in [6.07, 6.45) is 0. The van der Waals surface area contributed by atoms with E-state index in [-0.39, 0.29) is 22.4 Å². The van der Waals surface area contributed by atoms with Gasteiger partial charge >= 0.3 is 22.4 Å². The van der Waals surface area contributed by atoms with Gasteiger partial charge in [0.25, 0.3) is 0 Å². The molecule has 9 nitrogen and oxygen atoms in total. The number of hydrogen-bond acceptors (Lipinski definition) is 9. The first-order chi connectivity index (χ1) is 5.20. The van der Waals surface area contributed by atoms with Crippen LogP contribution in [0.5, 0.6) is 0 Å². The maximum Gasteiger partial charge on any atom is 3.00 e. The summed E-state index contributed by atoms with van der Waals surface area (Å²) in [7, 11) is -8.56. The Bertz CT molecular complexity index is 43.4. The van der Waals surface area contributed by atoms with Crippen LogP contribution in [0.25, 0.3) is 0 Å². The maximum absolute atomic E-state index is 8.41. The van der Waals surface area contributed by atoms with Gasteiger partial charge in [-0.05, 0) is 0 Å². The van der Waals surface area contributed by atoms with E-state index in [0.717, 1.165) is 0 Å². The fraction of sp³-hybridized carbons (Fsp3) is 0. The van der Waals surface area contributed by atoms with Gasteiger partial charge in [-0.1, -0.05) is 0 Å². The minimum absolute atomic E-state index is 0. The molecule has 0 saturated heterocycles. The van der Waals surface area contributed by atoms with E-state index < -0.39 is 32.4 Å². The van der Waals surface area contributed by atoms with Crippen molar-refractivity contribution in [1.29, 1.82) is 0 Å². The van der Waals surface area contributed by atoms with Crippen LogP contribution in [0.15, 0.2) is 0 Å². The molecule has 0 radical (unpaired) electrons. The largest absolute Gasteiger partial charge is 3.00 e. The van der Waals surface area contributed by atoms with Crippen LogP contribution in [-0.4, -0.2) is 0 Å². The van der Waals surface area contributed by atoms with E-state index in [4.69, 9.17) is 41.9 Å². The Morgan fingerprint density at radius 3 is 0.385 bits per heavy atom. The summed E-state index contributed by atoms with van der Waals surface area (Å²) in [5, 5.41) is 0. The van der Waals surface area contributed by atoms with Crippen molar-refractivity contribution in [2.45, 2.75) is 0 Å². The first kappa shape index (κ1) is 23.8. The topological polar surface area (TPSA) is 208 Å². The summed E-state index contributed by atoms with van der Waals surface area (Å²) in [4.78, 5) is 0. The van der Waals surface area contributed by atoms with Crippen molar-refractivity contribution in [3.8, 4) is 0 Å². The summed E-state index contributed by atoms with van der Waals surface area (Å²) >= 11 is 0. The van der Waals surface area contributed by atoms with Crippen LogP contribution in [0.3, 0.4) is 0 Å². The number of hydrogen-bond donors (Lipinski definition) is 0. The van der Waals surface area contributed by atoms with Gasteiger partial charge in [0.1, 0.15) is 0 Å². The van der Waals surface area contributed by atoms with Crippen molar-refractivity contribution >= 4 is 0 Å². The zero-order valence-electron chi connectivity index (χ0n) is 5.11. The molecule has 0 heterocycles. The SMILES string of the molecule is [Ag+3].[O-][Cl+2]([O-])[O-].[O-][Cl+2]([O-])[O-].[O-][Cl+2]([O-])[O-]. The van der Waals surface area contributed by atoms with Gasteiger partial charge in [-0.3, -0.25) is 0 Å². The molecule has 0 aliphatic carbocycles. The van der Waals surface area contributed by atoms with Crippen molar-refractivity contribution in [3.63, 3.8) is 0 Å². The molecule has 0 spiro atoms. The Labute approximate surface area is 96.6 Å². The molecule has 0 fully saturated rings. The third-order valence-electron chi connectivity index (χ3n) is 0. The minimum atomic E-state index is -2.85. The van der Waals surface area contributed by atoms with Crippen molar-refractivity contribution < 1.29 is 96.7 Å². The third-order valence-corrected chi connectivity index (χ3v) is 0.